The van der Waals surface area contributed by atoms with Crippen molar-refractivity contribution in [1.29, 1.82) is 0 Å². The maximum atomic E-state index is 6.49. The normalized spacial score (nSPS) is 11.0. The van der Waals surface area contributed by atoms with E-state index >= 15 is 0 Å². The van der Waals surface area contributed by atoms with Gasteiger partial charge in [0, 0.05) is 13.0 Å². The number of hydrogen-bond donors (Lipinski definition) is 2. The van der Waals surface area contributed by atoms with Gasteiger partial charge in [-0.2, -0.15) is 0 Å². The van der Waals surface area contributed by atoms with Gasteiger partial charge in [-0.15, -0.1) is 0 Å². The highest BCUT2D eigenvalue weighted by molar-refractivity contribution is 6.32. The first-order chi connectivity index (χ1) is 15.2. The highest BCUT2D eigenvalue weighted by atomic mass is 35.5. The quantitative estimate of drug-likeness (QED) is 0.322. The molecule has 0 radical (unpaired) electrons. The number of imidazole rings is 1. The van der Waals surface area contributed by atoms with E-state index in [9.17, 15) is 0 Å². The lowest BCUT2D eigenvalue weighted by atomic mass is 10.2. The number of halogens is 1. The number of nitrogens with zero attached hydrogens (tertiary/aromatic N) is 1. The van der Waals surface area contributed by atoms with Crippen molar-refractivity contribution in [2.45, 2.75) is 26.0 Å². The second-order valence-electron chi connectivity index (χ2n) is 7.36. The Balaban J connectivity index is 1.28. The number of aromatic nitrogens is 2. The molecule has 0 unspecified atom stereocenters. The molecule has 5 nitrogen and oxygen atoms in total. The summed E-state index contributed by atoms with van der Waals surface area (Å²) < 4.78 is 11.4. The van der Waals surface area contributed by atoms with Gasteiger partial charge in [0.05, 0.1) is 23.2 Å². The standard InChI is InChI=1S/C25H26ClN3O2/c1-30-23-15-19(14-20(26)25(23)31-17-18-8-3-2-4-9-18)16-27-13-7-12-24-28-21-10-5-6-11-22(21)29-24/h2-6,8-11,14-15,27H,7,12-13,16-17H2,1H3,(H,28,29). The Morgan fingerprint density at radius 1 is 1.00 bits per heavy atom. The maximum absolute atomic E-state index is 6.49. The van der Waals surface area contributed by atoms with Gasteiger partial charge in [-0.25, -0.2) is 4.98 Å². The van der Waals surface area contributed by atoms with E-state index in [1.165, 1.54) is 0 Å². The SMILES string of the molecule is COc1cc(CNCCCc2nc3ccccc3[nH]2)cc(Cl)c1OCc1ccccc1. The summed E-state index contributed by atoms with van der Waals surface area (Å²) in [6.07, 6.45) is 1.89. The fraction of sp³-hybridized carbons (Fsp3) is 0.240. The van der Waals surface area contributed by atoms with Crippen LogP contribution >= 0.6 is 11.6 Å². The summed E-state index contributed by atoms with van der Waals surface area (Å²) in [6.45, 7) is 2.02. The minimum absolute atomic E-state index is 0.441. The van der Waals surface area contributed by atoms with Crippen LogP contribution in [0.25, 0.3) is 11.0 Å². The molecular weight excluding hydrogens is 410 g/mol. The number of rotatable bonds is 10. The van der Waals surface area contributed by atoms with Gasteiger partial charge in [0.2, 0.25) is 0 Å². The number of fused-ring (bicyclic) bond motifs is 1. The molecule has 0 aliphatic heterocycles. The van der Waals surface area contributed by atoms with Crippen molar-refractivity contribution in [3.05, 3.63) is 88.7 Å². The monoisotopic (exact) mass is 435 g/mol. The Hall–Kier alpha value is -3.02. The lowest BCUT2D eigenvalue weighted by Crippen LogP contribution is -2.15. The van der Waals surface area contributed by atoms with Crippen LogP contribution < -0.4 is 14.8 Å². The van der Waals surface area contributed by atoms with Crippen LogP contribution in [0.4, 0.5) is 0 Å². The number of H-pyrrole nitrogens is 1. The zero-order chi connectivity index (χ0) is 21.5. The third kappa shape index (κ3) is 5.57. The minimum atomic E-state index is 0.441. The maximum Gasteiger partial charge on any atom is 0.180 e. The van der Waals surface area contributed by atoms with Crippen LogP contribution in [0.5, 0.6) is 11.5 Å². The molecule has 0 saturated carbocycles. The van der Waals surface area contributed by atoms with Gasteiger partial charge < -0.3 is 19.8 Å². The van der Waals surface area contributed by atoms with Gasteiger partial charge in [0.15, 0.2) is 11.5 Å². The average molecular weight is 436 g/mol. The van der Waals surface area contributed by atoms with E-state index in [0.29, 0.717) is 29.7 Å². The number of aryl methyl sites for hydroxylation is 1. The van der Waals surface area contributed by atoms with Crippen LogP contribution in [0, 0.1) is 0 Å². The third-order valence-corrected chi connectivity index (χ3v) is 5.33. The van der Waals surface area contributed by atoms with E-state index in [0.717, 1.165) is 47.4 Å². The molecule has 4 rings (SSSR count). The Morgan fingerprint density at radius 3 is 2.61 bits per heavy atom. The first kappa shape index (κ1) is 21.2. The fourth-order valence-corrected chi connectivity index (χ4v) is 3.77. The molecule has 0 fully saturated rings. The molecule has 0 atom stereocenters. The number of ether oxygens (including phenoxy) is 2. The van der Waals surface area contributed by atoms with Gasteiger partial charge in [-0.1, -0.05) is 54.1 Å². The van der Waals surface area contributed by atoms with E-state index in [-0.39, 0.29) is 0 Å². The van der Waals surface area contributed by atoms with E-state index in [1.807, 2.05) is 60.7 Å². The Bertz CT molecular complexity index is 1100. The molecule has 0 saturated heterocycles. The van der Waals surface area contributed by atoms with Gasteiger partial charge in [0.25, 0.3) is 0 Å². The molecule has 0 aliphatic carbocycles. The van der Waals surface area contributed by atoms with E-state index in [1.54, 1.807) is 7.11 Å². The Labute approximate surface area is 187 Å². The first-order valence-electron chi connectivity index (χ1n) is 10.4. The smallest absolute Gasteiger partial charge is 0.180 e. The van der Waals surface area contributed by atoms with Crippen LogP contribution in [0.1, 0.15) is 23.4 Å². The van der Waals surface area contributed by atoms with Crippen molar-refractivity contribution < 1.29 is 9.47 Å². The highest BCUT2D eigenvalue weighted by Gasteiger charge is 2.12. The van der Waals surface area contributed by atoms with Crippen molar-refractivity contribution in [3.63, 3.8) is 0 Å². The van der Waals surface area contributed by atoms with Crippen LogP contribution in [-0.2, 0) is 19.6 Å². The summed E-state index contributed by atoms with van der Waals surface area (Å²) in [7, 11) is 1.63. The second kappa shape index (κ2) is 10.3. The number of hydrogen-bond acceptors (Lipinski definition) is 4. The largest absolute Gasteiger partial charge is 0.493 e. The number of benzene rings is 3. The topological polar surface area (TPSA) is 59.2 Å². The molecule has 1 heterocycles. The predicted octanol–water partition coefficient (Wildman–Crippen LogP) is 5.53. The molecule has 1 aromatic heterocycles. The lowest BCUT2D eigenvalue weighted by Gasteiger charge is -2.14. The third-order valence-electron chi connectivity index (χ3n) is 5.05. The zero-order valence-electron chi connectivity index (χ0n) is 17.5. The molecule has 0 spiro atoms. The molecule has 4 aromatic rings. The van der Waals surface area contributed by atoms with E-state index < -0.39 is 0 Å². The molecule has 31 heavy (non-hydrogen) atoms. The Kier molecular flexibility index (Phi) is 7.07. The second-order valence-corrected chi connectivity index (χ2v) is 7.77. The number of nitrogens with one attached hydrogen (secondary N) is 2. The first-order valence-corrected chi connectivity index (χ1v) is 10.8. The number of aromatic amines is 1. The number of para-hydroxylation sites is 2. The van der Waals surface area contributed by atoms with Crippen LogP contribution in [0.15, 0.2) is 66.7 Å². The van der Waals surface area contributed by atoms with E-state index in [2.05, 4.69) is 21.4 Å². The van der Waals surface area contributed by atoms with Crippen LogP contribution in [0.2, 0.25) is 5.02 Å². The molecule has 3 aromatic carbocycles. The summed E-state index contributed by atoms with van der Waals surface area (Å²) in [6, 6.07) is 22.0. The lowest BCUT2D eigenvalue weighted by molar-refractivity contribution is 0.284. The minimum Gasteiger partial charge on any atom is -0.493 e. The van der Waals surface area contributed by atoms with Gasteiger partial charge in [0.1, 0.15) is 12.4 Å². The van der Waals surface area contributed by atoms with Crippen LogP contribution in [0.3, 0.4) is 0 Å². The molecule has 0 amide bonds. The summed E-state index contributed by atoms with van der Waals surface area (Å²) in [5, 5.41) is 4.02. The predicted molar refractivity (Wildman–Crippen MR) is 125 cm³/mol. The summed E-state index contributed by atoms with van der Waals surface area (Å²) in [5.74, 6) is 2.23. The van der Waals surface area contributed by atoms with Crippen molar-refractivity contribution in [1.82, 2.24) is 15.3 Å². The number of methoxy groups -OCH3 is 1. The van der Waals surface area contributed by atoms with Crippen molar-refractivity contribution in [3.8, 4) is 11.5 Å². The zero-order valence-corrected chi connectivity index (χ0v) is 18.3. The fourth-order valence-electron chi connectivity index (χ4n) is 3.48. The summed E-state index contributed by atoms with van der Waals surface area (Å²) in [5.41, 5.74) is 4.23. The highest BCUT2D eigenvalue weighted by Crippen LogP contribution is 2.37. The van der Waals surface area contributed by atoms with Gasteiger partial charge in [-0.3, -0.25) is 0 Å². The van der Waals surface area contributed by atoms with Crippen molar-refractivity contribution >= 4 is 22.6 Å². The van der Waals surface area contributed by atoms with Crippen LogP contribution in [-0.4, -0.2) is 23.6 Å². The van der Waals surface area contributed by atoms with Gasteiger partial charge >= 0.3 is 0 Å². The molecule has 0 bridgehead atoms. The molecule has 2 N–H and O–H groups in total. The molecule has 160 valence electrons. The molecule has 6 heteroatoms. The van der Waals surface area contributed by atoms with Gasteiger partial charge in [-0.05, 0) is 48.4 Å². The van der Waals surface area contributed by atoms with E-state index in [4.69, 9.17) is 21.1 Å². The summed E-state index contributed by atoms with van der Waals surface area (Å²) in [4.78, 5) is 7.99. The average Bonchev–Trinajstić information content (AvgIpc) is 3.21. The molecule has 0 aliphatic rings. The molecular formula is C25H26ClN3O2. The van der Waals surface area contributed by atoms with Crippen molar-refractivity contribution in [2.75, 3.05) is 13.7 Å². The summed E-state index contributed by atoms with van der Waals surface area (Å²) >= 11 is 6.49. The van der Waals surface area contributed by atoms with Crippen molar-refractivity contribution in [2.24, 2.45) is 0 Å². The Morgan fingerprint density at radius 2 is 1.81 bits per heavy atom.